The van der Waals surface area contributed by atoms with Crippen LogP contribution in [-0.4, -0.2) is 16.4 Å². The topological polar surface area (TPSA) is 26.3 Å². The average molecular weight is 317 g/mol. The fourth-order valence-electron chi connectivity index (χ4n) is 3.41. The Morgan fingerprint density at radius 1 is 1.22 bits per heavy atom. The highest BCUT2D eigenvalue weighted by Crippen LogP contribution is 2.46. The SMILES string of the molecule is CC(C)[C@@H]1C[C@@H]([C@@H](C)C2(Br)CCCCC2)OC1=O. The number of cyclic esters (lactones) is 1. The lowest BCUT2D eigenvalue weighted by molar-refractivity contribution is -0.147. The smallest absolute Gasteiger partial charge is 0.309 e. The van der Waals surface area contributed by atoms with E-state index in [4.69, 9.17) is 4.74 Å². The zero-order valence-electron chi connectivity index (χ0n) is 11.7. The largest absolute Gasteiger partial charge is 0.462 e. The number of carbonyl (C=O) groups excluding carboxylic acids is 1. The standard InChI is InChI=1S/C15H25BrO2/c1-10(2)12-9-13(18-14(12)17)11(3)15(16)7-5-4-6-8-15/h10-13H,4-9H2,1-3H3/t11-,12+,13+/m1/s1. The molecule has 1 aliphatic heterocycles. The van der Waals surface area contributed by atoms with Crippen LogP contribution in [0.1, 0.15) is 59.3 Å². The van der Waals surface area contributed by atoms with Gasteiger partial charge in [0.1, 0.15) is 6.10 Å². The molecule has 1 saturated heterocycles. The number of alkyl halides is 1. The van der Waals surface area contributed by atoms with Crippen LogP contribution in [0.2, 0.25) is 0 Å². The van der Waals surface area contributed by atoms with Crippen molar-refractivity contribution in [3.63, 3.8) is 0 Å². The summed E-state index contributed by atoms with van der Waals surface area (Å²) in [6, 6.07) is 0. The van der Waals surface area contributed by atoms with E-state index in [9.17, 15) is 4.79 Å². The zero-order chi connectivity index (χ0) is 13.3. The van der Waals surface area contributed by atoms with Gasteiger partial charge in [0, 0.05) is 10.2 Å². The third-order valence-corrected chi connectivity index (χ3v) is 6.43. The van der Waals surface area contributed by atoms with Crippen LogP contribution in [0.15, 0.2) is 0 Å². The summed E-state index contributed by atoms with van der Waals surface area (Å²) in [5.74, 6) is 0.948. The third kappa shape index (κ3) is 2.76. The molecule has 0 spiro atoms. The molecule has 2 aliphatic rings. The van der Waals surface area contributed by atoms with E-state index < -0.39 is 0 Å². The fourth-order valence-corrected chi connectivity index (χ4v) is 4.27. The molecule has 0 aromatic rings. The Morgan fingerprint density at radius 2 is 1.83 bits per heavy atom. The predicted octanol–water partition coefficient (Wildman–Crippen LogP) is 4.31. The predicted molar refractivity (Wildman–Crippen MR) is 76.7 cm³/mol. The zero-order valence-corrected chi connectivity index (χ0v) is 13.3. The lowest BCUT2D eigenvalue weighted by Crippen LogP contribution is -2.39. The van der Waals surface area contributed by atoms with Crippen LogP contribution in [0.3, 0.4) is 0 Å². The van der Waals surface area contributed by atoms with Crippen molar-refractivity contribution < 1.29 is 9.53 Å². The van der Waals surface area contributed by atoms with Crippen LogP contribution < -0.4 is 0 Å². The van der Waals surface area contributed by atoms with Gasteiger partial charge in [-0.1, -0.05) is 56.0 Å². The Bertz CT molecular complexity index is 308. The molecule has 3 atom stereocenters. The summed E-state index contributed by atoms with van der Waals surface area (Å²) in [6.07, 6.45) is 7.39. The van der Waals surface area contributed by atoms with Crippen molar-refractivity contribution in [3.05, 3.63) is 0 Å². The fraction of sp³-hybridized carbons (Fsp3) is 0.933. The van der Waals surface area contributed by atoms with Gasteiger partial charge in [0.2, 0.25) is 0 Å². The molecule has 0 amide bonds. The summed E-state index contributed by atoms with van der Waals surface area (Å²) in [4.78, 5) is 11.9. The molecule has 2 fully saturated rings. The molecule has 2 nitrogen and oxygen atoms in total. The summed E-state index contributed by atoms with van der Waals surface area (Å²) in [6.45, 7) is 6.48. The van der Waals surface area contributed by atoms with Gasteiger partial charge in [0.25, 0.3) is 0 Å². The van der Waals surface area contributed by atoms with Gasteiger partial charge < -0.3 is 4.74 Å². The molecule has 0 aromatic carbocycles. The highest BCUT2D eigenvalue weighted by Gasteiger charge is 2.46. The Labute approximate surface area is 119 Å². The quantitative estimate of drug-likeness (QED) is 0.573. The second-order valence-electron chi connectivity index (χ2n) is 6.45. The first-order valence-electron chi connectivity index (χ1n) is 7.33. The molecule has 104 valence electrons. The summed E-state index contributed by atoms with van der Waals surface area (Å²) < 4.78 is 5.84. The molecule has 0 N–H and O–H groups in total. The minimum Gasteiger partial charge on any atom is -0.462 e. The van der Waals surface area contributed by atoms with Gasteiger partial charge in [-0.05, 0) is 25.2 Å². The van der Waals surface area contributed by atoms with Gasteiger partial charge in [-0.2, -0.15) is 0 Å². The van der Waals surface area contributed by atoms with Gasteiger partial charge in [-0.15, -0.1) is 0 Å². The molecule has 0 radical (unpaired) electrons. The van der Waals surface area contributed by atoms with Gasteiger partial charge in [-0.3, -0.25) is 4.79 Å². The first kappa shape index (κ1) is 14.4. The Kier molecular flexibility index (Phi) is 4.40. The Morgan fingerprint density at radius 3 is 2.33 bits per heavy atom. The maximum atomic E-state index is 11.9. The average Bonchev–Trinajstić information content (AvgIpc) is 2.71. The minimum absolute atomic E-state index is 0.0220. The van der Waals surface area contributed by atoms with Crippen molar-refractivity contribution in [2.75, 3.05) is 0 Å². The van der Waals surface area contributed by atoms with E-state index in [-0.39, 0.29) is 22.3 Å². The van der Waals surface area contributed by atoms with Crippen LogP contribution in [0, 0.1) is 17.8 Å². The van der Waals surface area contributed by atoms with Crippen LogP contribution in [0.5, 0.6) is 0 Å². The monoisotopic (exact) mass is 316 g/mol. The van der Waals surface area contributed by atoms with Crippen molar-refractivity contribution in [1.29, 1.82) is 0 Å². The van der Waals surface area contributed by atoms with E-state index in [2.05, 4.69) is 36.7 Å². The van der Waals surface area contributed by atoms with E-state index >= 15 is 0 Å². The molecule has 3 heteroatoms. The first-order chi connectivity index (χ1) is 8.44. The summed E-state index contributed by atoms with van der Waals surface area (Å²) in [5.41, 5.74) is 0. The van der Waals surface area contributed by atoms with Crippen molar-refractivity contribution in [3.8, 4) is 0 Å². The van der Waals surface area contributed by atoms with Crippen molar-refractivity contribution >= 4 is 21.9 Å². The molecular formula is C15H25BrO2. The number of rotatable bonds is 3. The highest BCUT2D eigenvalue weighted by molar-refractivity contribution is 9.10. The molecule has 0 unspecified atom stereocenters. The summed E-state index contributed by atoms with van der Waals surface area (Å²) in [5, 5.41) is 0. The number of halogens is 1. The summed E-state index contributed by atoms with van der Waals surface area (Å²) in [7, 11) is 0. The lowest BCUT2D eigenvalue weighted by Gasteiger charge is -2.39. The van der Waals surface area contributed by atoms with Gasteiger partial charge in [-0.25, -0.2) is 0 Å². The molecule has 2 rings (SSSR count). The normalized spacial score (nSPS) is 33.5. The maximum absolute atomic E-state index is 11.9. The lowest BCUT2D eigenvalue weighted by atomic mass is 9.76. The minimum atomic E-state index is 0.0220. The molecule has 1 heterocycles. The van der Waals surface area contributed by atoms with Gasteiger partial charge in [0.15, 0.2) is 0 Å². The van der Waals surface area contributed by atoms with E-state index in [1.807, 2.05) is 0 Å². The number of ether oxygens (including phenoxy) is 1. The van der Waals surface area contributed by atoms with Crippen molar-refractivity contribution in [2.45, 2.75) is 69.7 Å². The summed E-state index contributed by atoms with van der Waals surface area (Å²) >= 11 is 3.96. The van der Waals surface area contributed by atoms with E-state index in [0.29, 0.717) is 11.8 Å². The second kappa shape index (κ2) is 5.52. The molecular weight excluding hydrogens is 292 g/mol. The molecule has 18 heavy (non-hydrogen) atoms. The van der Waals surface area contributed by atoms with Crippen LogP contribution in [0.25, 0.3) is 0 Å². The first-order valence-corrected chi connectivity index (χ1v) is 8.13. The Hall–Kier alpha value is -0.0500. The molecule has 0 bridgehead atoms. The molecule has 0 aromatic heterocycles. The van der Waals surface area contributed by atoms with E-state index in [0.717, 1.165) is 6.42 Å². The number of esters is 1. The number of hydrogen-bond donors (Lipinski definition) is 0. The number of carbonyl (C=O) groups is 1. The van der Waals surface area contributed by atoms with Crippen LogP contribution >= 0.6 is 15.9 Å². The van der Waals surface area contributed by atoms with Gasteiger partial charge >= 0.3 is 5.97 Å². The molecule has 1 saturated carbocycles. The highest BCUT2D eigenvalue weighted by atomic mass is 79.9. The van der Waals surface area contributed by atoms with Crippen LogP contribution in [0.4, 0.5) is 0 Å². The van der Waals surface area contributed by atoms with E-state index in [1.54, 1.807) is 0 Å². The van der Waals surface area contributed by atoms with E-state index in [1.165, 1.54) is 32.1 Å². The number of hydrogen-bond acceptors (Lipinski definition) is 2. The van der Waals surface area contributed by atoms with Gasteiger partial charge in [0.05, 0.1) is 5.92 Å². The maximum Gasteiger partial charge on any atom is 0.309 e. The third-order valence-electron chi connectivity index (χ3n) is 4.92. The molecule has 1 aliphatic carbocycles. The van der Waals surface area contributed by atoms with Crippen molar-refractivity contribution in [2.24, 2.45) is 17.8 Å². The Balaban J connectivity index is 2.02. The van der Waals surface area contributed by atoms with Crippen molar-refractivity contribution in [1.82, 2.24) is 0 Å². The van der Waals surface area contributed by atoms with Crippen LogP contribution in [-0.2, 0) is 9.53 Å². The second-order valence-corrected chi connectivity index (χ2v) is 8.02.